The van der Waals surface area contributed by atoms with E-state index in [1.54, 1.807) is 48.8 Å². The Morgan fingerprint density at radius 3 is 2.67 bits per heavy atom. The fraction of sp³-hybridized carbons (Fsp3) is 0.467. The molecule has 0 aliphatic carbocycles. The molecule has 0 spiro atoms. The van der Waals surface area contributed by atoms with E-state index >= 15 is 0 Å². The molecule has 2 heterocycles. The highest BCUT2D eigenvalue weighted by atomic mass is 32.2. The molecule has 0 radical (unpaired) electrons. The van der Waals surface area contributed by atoms with E-state index in [1.165, 1.54) is 0 Å². The molecule has 0 saturated carbocycles. The van der Waals surface area contributed by atoms with Crippen molar-refractivity contribution in [3.05, 3.63) is 23.8 Å². The lowest BCUT2D eigenvalue weighted by Gasteiger charge is -2.31. The minimum absolute atomic E-state index is 0.0512. The van der Waals surface area contributed by atoms with Crippen LogP contribution in [-0.4, -0.2) is 48.0 Å². The first-order chi connectivity index (χ1) is 10.1. The van der Waals surface area contributed by atoms with Crippen molar-refractivity contribution in [2.24, 2.45) is 5.92 Å². The molecule has 2 aliphatic heterocycles. The second-order valence-electron chi connectivity index (χ2n) is 5.29. The van der Waals surface area contributed by atoms with Gasteiger partial charge >= 0.3 is 0 Å². The number of carbonyl (C=O) groups excluding carboxylic acids is 2. The van der Waals surface area contributed by atoms with Crippen molar-refractivity contribution in [2.75, 3.05) is 25.3 Å². The van der Waals surface area contributed by atoms with Gasteiger partial charge in [0.1, 0.15) is 0 Å². The highest BCUT2D eigenvalue weighted by Gasteiger charge is 2.33. The van der Waals surface area contributed by atoms with Crippen LogP contribution >= 0.6 is 11.8 Å². The Balaban J connectivity index is 1.73. The summed E-state index contributed by atoms with van der Waals surface area (Å²) in [6.45, 7) is 1.94. The van der Waals surface area contributed by atoms with Gasteiger partial charge in [-0.1, -0.05) is 0 Å². The lowest BCUT2D eigenvalue weighted by Crippen LogP contribution is -2.46. The van der Waals surface area contributed by atoms with E-state index in [4.69, 9.17) is 9.47 Å². The van der Waals surface area contributed by atoms with Crippen molar-refractivity contribution in [1.29, 1.82) is 0 Å². The van der Waals surface area contributed by atoms with Crippen molar-refractivity contribution in [3.63, 3.8) is 0 Å². The van der Waals surface area contributed by atoms with Crippen LogP contribution in [0, 0.1) is 5.92 Å². The van der Waals surface area contributed by atoms with Gasteiger partial charge in [0.05, 0.1) is 12.0 Å². The third-order valence-electron chi connectivity index (χ3n) is 3.95. The number of ether oxygens (including phenoxy) is 2. The number of fused-ring (bicyclic) bond motifs is 1. The molecule has 21 heavy (non-hydrogen) atoms. The molecule has 0 unspecified atom stereocenters. The zero-order chi connectivity index (χ0) is 15.0. The number of likely N-dealkylation sites (N-methyl/N-ethyl adjacent to an activating group) is 1. The maximum atomic E-state index is 12.5. The second kappa shape index (κ2) is 5.60. The average molecular weight is 307 g/mol. The van der Waals surface area contributed by atoms with Crippen molar-refractivity contribution < 1.29 is 19.1 Å². The molecule has 6 heteroatoms. The Labute approximate surface area is 127 Å². The Bertz CT molecular complexity index is 585. The maximum absolute atomic E-state index is 12.5. The fourth-order valence-corrected chi connectivity index (χ4v) is 3.08. The van der Waals surface area contributed by atoms with Gasteiger partial charge in [-0.25, -0.2) is 0 Å². The molecular weight excluding hydrogens is 290 g/mol. The predicted octanol–water partition coefficient (Wildman–Crippen LogP) is 1.81. The van der Waals surface area contributed by atoms with Gasteiger partial charge in [-0.05, 0) is 25.1 Å². The molecule has 1 saturated heterocycles. The molecule has 1 amide bonds. The fourth-order valence-electron chi connectivity index (χ4n) is 2.32. The summed E-state index contributed by atoms with van der Waals surface area (Å²) in [6, 6.07) is 4.64. The first-order valence-corrected chi connectivity index (χ1v) is 8.01. The first kappa shape index (κ1) is 14.3. The summed E-state index contributed by atoms with van der Waals surface area (Å²) in [5.41, 5.74) is 0.536. The van der Waals surface area contributed by atoms with Gasteiger partial charge in [0.25, 0.3) is 0 Å². The number of Topliss-reactive ketones (excluding diaryl/α,β-unsaturated/α-hetero) is 1. The van der Waals surface area contributed by atoms with Gasteiger partial charge in [0, 0.05) is 24.1 Å². The number of nitrogens with zero attached hydrogens (tertiary/aromatic N) is 1. The molecular formula is C15H17NO4S. The van der Waals surface area contributed by atoms with Crippen LogP contribution in [0.4, 0.5) is 0 Å². The van der Waals surface area contributed by atoms with E-state index in [0.29, 0.717) is 17.1 Å². The van der Waals surface area contributed by atoms with Gasteiger partial charge in [-0.3, -0.25) is 9.59 Å². The monoisotopic (exact) mass is 307 g/mol. The topological polar surface area (TPSA) is 55.8 Å². The standard InChI is InChI=1S/C15H17NO4S/c1-9(16(2)15(18)11-6-21-7-11)14(17)10-3-4-12-13(5-10)20-8-19-12/h3-5,9,11H,6-8H2,1-2H3/t9-/m1/s1. The molecule has 1 aromatic carbocycles. The van der Waals surface area contributed by atoms with Gasteiger partial charge in [-0.15, -0.1) is 0 Å². The van der Waals surface area contributed by atoms with E-state index in [0.717, 1.165) is 11.5 Å². The molecule has 0 N–H and O–H groups in total. The largest absolute Gasteiger partial charge is 0.454 e. The summed E-state index contributed by atoms with van der Waals surface area (Å²) < 4.78 is 10.5. The smallest absolute Gasteiger partial charge is 0.231 e. The number of thioether (sulfide) groups is 1. The second-order valence-corrected chi connectivity index (χ2v) is 6.37. The third kappa shape index (κ3) is 2.60. The Kier molecular flexibility index (Phi) is 3.80. The lowest BCUT2D eigenvalue weighted by atomic mass is 10.0. The molecule has 0 aromatic heterocycles. The predicted molar refractivity (Wildman–Crippen MR) is 79.9 cm³/mol. The molecule has 2 aliphatic rings. The zero-order valence-corrected chi connectivity index (χ0v) is 12.8. The highest BCUT2D eigenvalue weighted by molar-refractivity contribution is 8.00. The van der Waals surface area contributed by atoms with Crippen LogP contribution in [0.3, 0.4) is 0 Å². The average Bonchev–Trinajstić information content (AvgIpc) is 2.90. The van der Waals surface area contributed by atoms with Crippen LogP contribution in [0.25, 0.3) is 0 Å². The quantitative estimate of drug-likeness (QED) is 0.794. The van der Waals surface area contributed by atoms with E-state index in [2.05, 4.69) is 0 Å². The van der Waals surface area contributed by atoms with Gasteiger partial charge in [0.2, 0.25) is 12.7 Å². The summed E-state index contributed by atoms with van der Waals surface area (Å²) in [5, 5.41) is 0. The van der Waals surface area contributed by atoms with E-state index in [1.807, 2.05) is 0 Å². The number of hydrogen-bond acceptors (Lipinski definition) is 5. The third-order valence-corrected chi connectivity index (χ3v) is 5.23. The molecule has 0 bridgehead atoms. The molecule has 1 atom stereocenters. The van der Waals surface area contributed by atoms with Crippen LogP contribution in [0.1, 0.15) is 17.3 Å². The summed E-state index contributed by atoms with van der Waals surface area (Å²) in [4.78, 5) is 26.3. The van der Waals surface area contributed by atoms with Crippen LogP contribution < -0.4 is 9.47 Å². The number of carbonyl (C=O) groups is 2. The van der Waals surface area contributed by atoms with E-state index < -0.39 is 6.04 Å². The van der Waals surface area contributed by atoms with Crippen molar-refractivity contribution in [1.82, 2.24) is 4.90 Å². The number of amides is 1. The number of benzene rings is 1. The minimum Gasteiger partial charge on any atom is -0.454 e. The number of hydrogen-bond donors (Lipinski definition) is 0. The SMILES string of the molecule is C[C@H](C(=O)c1ccc2c(c1)OCO2)N(C)C(=O)C1CSC1. The first-order valence-electron chi connectivity index (χ1n) is 6.86. The van der Waals surface area contributed by atoms with E-state index in [9.17, 15) is 9.59 Å². The Morgan fingerprint density at radius 1 is 1.29 bits per heavy atom. The highest BCUT2D eigenvalue weighted by Crippen LogP contribution is 2.33. The minimum atomic E-state index is -0.483. The van der Waals surface area contributed by atoms with Gasteiger partial charge in [0.15, 0.2) is 17.3 Å². The summed E-state index contributed by atoms with van der Waals surface area (Å²) in [5.74, 6) is 2.97. The number of ketones is 1. The molecule has 3 rings (SSSR count). The molecule has 1 aromatic rings. The normalized spacial score (nSPS) is 18.0. The van der Waals surface area contributed by atoms with E-state index in [-0.39, 0.29) is 24.4 Å². The Hall–Kier alpha value is -1.69. The van der Waals surface area contributed by atoms with Crippen LogP contribution in [0.2, 0.25) is 0 Å². The van der Waals surface area contributed by atoms with Gasteiger partial charge < -0.3 is 14.4 Å². The van der Waals surface area contributed by atoms with Crippen molar-refractivity contribution >= 4 is 23.5 Å². The van der Waals surface area contributed by atoms with Crippen molar-refractivity contribution in [3.8, 4) is 11.5 Å². The molecule has 5 nitrogen and oxygen atoms in total. The van der Waals surface area contributed by atoms with Crippen LogP contribution in [0.15, 0.2) is 18.2 Å². The van der Waals surface area contributed by atoms with Gasteiger partial charge in [-0.2, -0.15) is 11.8 Å². The number of rotatable bonds is 4. The maximum Gasteiger partial charge on any atom is 0.231 e. The zero-order valence-electron chi connectivity index (χ0n) is 12.0. The summed E-state index contributed by atoms with van der Waals surface area (Å²) in [6.07, 6.45) is 0. The lowest BCUT2D eigenvalue weighted by molar-refractivity contribution is -0.134. The molecule has 1 fully saturated rings. The molecule has 112 valence electrons. The van der Waals surface area contributed by atoms with Crippen molar-refractivity contribution in [2.45, 2.75) is 13.0 Å². The Morgan fingerprint density at radius 2 is 2.00 bits per heavy atom. The van der Waals surface area contributed by atoms with Crippen LogP contribution in [-0.2, 0) is 4.79 Å². The summed E-state index contributed by atoms with van der Waals surface area (Å²) >= 11 is 1.76. The summed E-state index contributed by atoms with van der Waals surface area (Å²) in [7, 11) is 1.70. The van der Waals surface area contributed by atoms with Crippen LogP contribution in [0.5, 0.6) is 11.5 Å².